The van der Waals surface area contributed by atoms with Gasteiger partial charge >= 0.3 is 0 Å². The molecular formula is C34H34N4O. The number of benzene rings is 1. The van der Waals surface area contributed by atoms with Crippen LogP contribution in [0.25, 0.3) is 46.4 Å². The van der Waals surface area contributed by atoms with Gasteiger partial charge in [0.25, 0.3) is 0 Å². The quantitative estimate of drug-likeness (QED) is 0.242. The minimum Gasteiger partial charge on any atom is -0.455 e. The van der Waals surface area contributed by atoms with Crippen LogP contribution in [0.1, 0.15) is 75.4 Å². The van der Waals surface area contributed by atoms with Gasteiger partial charge in [-0.15, -0.1) is 0 Å². The lowest BCUT2D eigenvalue weighted by atomic mass is 9.75. The van der Waals surface area contributed by atoms with Crippen molar-refractivity contribution in [3.8, 4) is 11.5 Å². The Morgan fingerprint density at radius 1 is 0.564 bits per heavy atom. The fourth-order valence-electron chi connectivity index (χ4n) is 5.21. The van der Waals surface area contributed by atoms with E-state index in [9.17, 15) is 0 Å². The number of nitrogens with one attached hydrogen (secondary N) is 2. The smallest absolute Gasteiger partial charge is 0.153 e. The molecule has 1 aromatic carbocycles. The van der Waals surface area contributed by atoms with Crippen LogP contribution in [0.2, 0.25) is 0 Å². The van der Waals surface area contributed by atoms with Gasteiger partial charge in [-0.25, -0.2) is 9.97 Å². The van der Waals surface area contributed by atoms with Crippen LogP contribution >= 0.6 is 0 Å². The van der Waals surface area contributed by atoms with Crippen LogP contribution in [0.15, 0.2) is 60.7 Å². The maximum absolute atomic E-state index is 6.76. The Bertz CT molecular complexity index is 1800. The lowest BCUT2D eigenvalue weighted by Crippen LogP contribution is -2.22. The van der Waals surface area contributed by atoms with Crippen molar-refractivity contribution in [1.29, 1.82) is 0 Å². The maximum Gasteiger partial charge on any atom is 0.153 e. The fourth-order valence-corrected chi connectivity index (χ4v) is 5.21. The van der Waals surface area contributed by atoms with Crippen LogP contribution in [-0.4, -0.2) is 19.9 Å². The number of aromatic nitrogens is 4. The molecule has 3 aromatic heterocycles. The maximum atomic E-state index is 6.76. The van der Waals surface area contributed by atoms with Crippen molar-refractivity contribution in [2.24, 2.45) is 0 Å². The Hall–Kier alpha value is -4.38. The van der Waals surface area contributed by atoms with Crippen molar-refractivity contribution in [2.75, 3.05) is 0 Å². The number of ether oxygens (including phenoxy) is 1. The number of H-pyrrole nitrogens is 2. The van der Waals surface area contributed by atoms with Crippen LogP contribution in [0.4, 0.5) is 0 Å². The summed E-state index contributed by atoms with van der Waals surface area (Å²) < 4.78 is 6.76. The fraction of sp³-hybridized carbons (Fsp3) is 0.235. The average molecular weight is 515 g/mol. The zero-order chi connectivity index (χ0) is 27.4. The molecule has 8 bridgehead atoms. The molecule has 5 nitrogen and oxygen atoms in total. The summed E-state index contributed by atoms with van der Waals surface area (Å²) in [5, 5.41) is 0. The molecule has 0 unspecified atom stereocenters. The molecule has 39 heavy (non-hydrogen) atoms. The number of nitrogens with zero attached hydrogens (tertiary/aromatic N) is 2. The molecule has 0 spiro atoms. The van der Waals surface area contributed by atoms with Gasteiger partial charge in [-0.1, -0.05) is 53.7 Å². The molecule has 0 fully saturated rings. The third kappa shape index (κ3) is 5.17. The molecule has 0 radical (unpaired) electrons. The highest BCUT2D eigenvalue weighted by atomic mass is 16.5. The van der Waals surface area contributed by atoms with Gasteiger partial charge < -0.3 is 14.7 Å². The molecule has 0 atom stereocenters. The van der Waals surface area contributed by atoms with Gasteiger partial charge in [0.15, 0.2) is 5.75 Å². The van der Waals surface area contributed by atoms with Gasteiger partial charge in [0.1, 0.15) is 5.75 Å². The predicted octanol–water partition coefficient (Wildman–Crippen LogP) is 9.04. The Morgan fingerprint density at radius 2 is 1.18 bits per heavy atom. The van der Waals surface area contributed by atoms with E-state index in [4.69, 9.17) is 14.7 Å². The molecule has 4 aromatic rings. The Labute approximate surface area is 229 Å². The van der Waals surface area contributed by atoms with Gasteiger partial charge in [0.2, 0.25) is 0 Å². The summed E-state index contributed by atoms with van der Waals surface area (Å²) in [7, 11) is 0. The van der Waals surface area contributed by atoms with E-state index in [-0.39, 0.29) is 10.8 Å². The zero-order valence-corrected chi connectivity index (χ0v) is 23.4. The average Bonchev–Trinajstić information content (AvgIpc) is 3.64. The van der Waals surface area contributed by atoms with E-state index in [1.54, 1.807) is 0 Å². The zero-order valence-electron chi connectivity index (χ0n) is 23.4. The van der Waals surface area contributed by atoms with E-state index in [0.717, 1.165) is 56.3 Å². The standard InChI is InChI=1S/C34H34N4O/c1-33(2,3)28-8-7-9-30(32(28)34(4,5)6)39-31-20-27-18-25-13-12-23(36-25)16-21-10-11-22(35-21)17-24-14-15-26(37-24)19-29(31)38-27/h7-20,36,38H,1-6H3. The normalized spacial score (nSPS) is 13.2. The third-order valence-corrected chi connectivity index (χ3v) is 6.93. The van der Waals surface area contributed by atoms with Crippen LogP contribution in [-0.2, 0) is 10.8 Å². The van der Waals surface area contributed by atoms with E-state index in [0.29, 0.717) is 0 Å². The Balaban J connectivity index is 1.57. The summed E-state index contributed by atoms with van der Waals surface area (Å²) in [6, 6.07) is 20.8. The van der Waals surface area contributed by atoms with Crippen molar-refractivity contribution in [3.63, 3.8) is 0 Å². The molecule has 5 heteroatoms. The minimum absolute atomic E-state index is 0.0105. The highest BCUT2D eigenvalue weighted by Gasteiger charge is 2.28. The number of hydrogen-bond donors (Lipinski definition) is 2. The van der Waals surface area contributed by atoms with Crippen molar-refractivity contribution in [2.45, 2.75) is 52.4 Å². The highest BCUT2D eigenvalue weighted by molar-refractivity contribution is 5.79. The Kier molecular flexibility index (Phi) is 5.83. The van der Waals surface area contributed by atoms with E-state index >= 15 is 0 Å². The first kappa shape index (κ1) is 24.9. The van der Waals surface area contributed by atoms with E-state index < -0.39 is 0 Å². The summed E-state index contributed by atoms with van der Waals surface area (Å²) in [5.74, 6) is 1.64. The number of hydrogen-bond acceptors (Lipinski definition) is 3. The van der Waals surface area contributed by atoms with Gasteiger partial charge in [-0.3, -0.25) is 0 Å². The first-order chi connectivity index (χ1) is 18.5. The van der Waals surface area contributed by atoms with Crippen LogP contribution < -0.4 is 4.74 Å². The summed E-state index contributed by atoms with van der Waals surface area (Å²) >= 11 is 0. The molecule has 5 heterocycles. The van der Waals surface area contributed by atoms with Gasteiger partial charge in [-0.05, 0) is 83.2 Å². The summed E-state index contributed by atoms with van der Waals surface area (Å²) in [6.45, 7) is 13.5. The van der Waals surface area contributed by atoms with Gasteiger partial charge in [0.05, 0.1) is 28.3 Å². The van der Waals surface area contributed by atoms with Gasteiger partial charge in [0, 0.05) is 28.2 Å². The molecule has 0 saturated heterocycles. The van der Waals surface area contributed by atoms with E-state index in [1.165, 1.54) is 11.1 Å². The molecular weight excluding hydrogens is 480 g/mol. The highest BCUT2D eigenvalue weighted by Crippen LogP contribution is 2.42. The molecule has 2 aliphatic heterocycles. The van der Waals surface area contributed by atoms with Crippen LogP contribution in [0, 0.1) is 0 Å². The van der Waals surface area contributed by atoms with Crippen molar-refractivity contribution in [1.82, 2.24) is 19.9 Å². The number of rotatable bonds is 2. The molecule has 0 saturated carbocycles. The molecule has 0 aliphatic carbocycles. The monoisotopic (exact) mass is 514 g/mol. The lowest BCUT2D eigenvalue weighted by Gasteiger charge is -2.31. The Morgan fingerprint density at radius 3 is 1.82 bits per heavy atom. The topological polar surface area (TPSA) is 66.6 Å². The molecule has 196 valence electrons. The van der Waals surface area contributed by atoms with Crippen molar-refractivity contribution in [3.05, 3.63) is 94.6 Å². The predicted molar refractivity (Wildman–Crippen MR) is 163 cm³/mol. The summed E-state index contributed by atoms with van der Waals surface area (Å²) in [5.41, 5.74) is 9.72. The van der Waals surface area contributed by atoms with Gasteiger partial charge in [-0.2, -0.15) is 0 Å². The summed E-state index contributed by atoms with van der Waals surface area (Å²) in [6.07, 6.45) is 8.07. The van der Waals surface area contributed by atoms with Crippen LogP contribution in [0.3, 0.4) is 0 Å². The van der Waals surface area contributed by atoms with Crippen molar-refractivity contribution >= 4 is 46.4 Å². The first-order valence-electron chi connectivity index (χ1n) is 13.4. The second-order valence-electron chi connectivity index (χ2n) is 12.3. The molecule has 2 aliphatic rings. The van der Waals surface area contributed by atoms with Crippen LogP contribution in [0.5, 0.6) is 11.5 Å². The van der Waals surface area contributed by atoms with E-state index in [2.05, 4.69) is 94.0 Å². The molecule has 2 N–H and O–H groups in total. The molecule has 0 amide bonds. The van der Waals surface area contributed by atoms with E-state index in [1.807, 2.05) is 42.5 Å². The SMILES string of the molecule is CC(C)(C)c1cccc(Oc2cc3cc4ccc(cc5nc(cc6nc(cc2[nH]3)C=C6)C=C5)[nH]4)c1C(C)(C)C. The second-order valence-corrected chi connectivity index (χ2v) is 12.3. The largest absolute Gasteiger partial charge is 0.455 e. The third-order valence-electron chi connectivity index (χ3n) is 6.93. The van der Waals surface area contributed by atoms with Crippen molar-refractivity contribution < 1.29 is 4.74 Å². The molecule has 6 rings (SSSR count). The number of fused-ring (bicyclic) bond motifs is 8. The lowest BCUT2D eigenvalue weighted by molar-refractivity contribution is 0.447. The second kappa shape index (κ2) is 9.12. The minimum atomic E-state index is -0.0930. The summed E-state index contributed by atoms with van der Waals surface area (Å²) in [4.78, 5) is 16.6. The first-order valence-corrected chi connectivity index (χ1v) is 13.4. The number of aromatic amines is 2.